The molecule has 1 heterocycles. The van der Waals surface area contributed by atoms with Crippen LogP contribution in [0, 0.1) is 0 Å². The molecule has 4 atom stereocenters. The first kappa shape index (κ1) is 28.5. The van der Waals surface area contributed by atoms with E-state index in [9.17, 15) is 29.7 Å². The SMILES string of the molecule is O=C(O)c1ccccc1C1OC(COCOc2ccccc2)C(c2ccccc2C(=O)O)C1c1ccccc1C(=O)O. The molecule has 0 spiro atoms. The monoisotopic (exact) mass is 568 g/mol. The molecule has 0 aliphatic carbocycles. The summed E-state index contributed by atoms with van der Waals surface area (Å²) in [5, 5.41) is 30.2. The molecule has 0 bridgehead atoms. The highest BCUT2D eigenvalue weighted by atomic mass is 16.7. The molecule has 0 aromatic heterocycles. The number of hydrogen-bond donors (Lipinski definition) is 3. The van der Waals surface area contributed by atoms with Crippen LogP contribution in [0.2, 0.25) is 0 Å². The number of aromatic carboxylic acids is 3. The molecule has 1 aliphatic heterocycles. The number of rotatable bonds is 11. The third-order valence-electron chi connectivity index (χ3n) is 7.37. The largest absolute Gasteiger partial charge is 0.478 e. The van der Waals surface area contributed by atoms with Crippen LogP contribution in [0.3, 0.4) is 0 Å². The first-order chi connectivity index (χ1) is 20.4. The van der Waals surface area contributed by atoms with Gasteiger partial charge in [0.2, 0.25) is 0 Å². The average Bonchev–Trinajstić information content (AvgIpc) is 3.38. The Labute approximate surface area is 241 Å². The number of carboxylic acids is 3. The molecule has 1 aliphatic rings. The third kappa shape index (κ3) is 5.88. The summed E-state index contributed by atoms with van der Waals surface area (Å²) in [6.45, 7) is -0.160. The Balaban J connectivity index is 1.63. The number of ether oxygens (including phenoxy) is 3. The van der Waals surface area contributed by atoms with E-state index in [1.165, 1.54) is 18.2 Å². The normalized spacial score (nSPS) is 19.7. The fraction of sp³-hybridized carbons (Fsp3) is 0.182. The van der Waals surface area contributed by atoms with Crippen molar-refractivity contribution in [1.29, 1.82) is 0 Å². The Bertz CT molecular complexity index is 1580. The van der Waals surface area contributed by atoms with Gasteiger partial charge in [-0.3, -0.25) is 0 Å². The summed E-state index contributed by atoms with van der Waals surface area (Å²) in [5.41, 5.74) is 1.19. The second-order valence-electron chi connectivity index (χ2n) is 9.77. The maximum Gasteiger partial charge on any atom is 0.336 e. The lowest BCUT2D eigenvalue weighted by Crippen LogP contribution is -2.26. The lowest BCUT2D eigenvalue weighted by molar-refractivity contribution is -0.0576. The van der Waals surface area contributed by atoms with Gasteiger partial charge in [0.15, 0.2) is 6.79 Å². The van der Waals surface area contributed by atoms with Crippen molar-refractivity contribution in [2.75, 3.05) is 13.4 Å². The molecule has 4 unspecified atom stereocenters. The van der Waals surface area contributed by atoms with Gasteiger partial charge in [0.1, 0.15) is 5.75 Å². The fourth-order valence-corrected chi connectivity index (χ4v) is 5.63. The lowest BCUT2D eigenvalue weighted by Gasteiger charge is -2.28. The highest BCUT2D eigenvalue weighted by molar-refractivity contribution is 5.92. The molecule has 4 aromatic rings. The summed E-state index contributed by atoms with van der Waals surface area (Å²) >= 11 is 0. The van der Waals surface area contributed by atoms with E-state index < -0.39 is 42.0 Å². The zero-order chi connectivity index (χ0) is 29.6. The lowest BCUT2D eigenvalue weighted by atomic mass is 9.73. The van der Waals surface area contributed by atoms with E-state index in [2.05, 4.69) is 0 Å². The van der Waals surface area contributed by atoms with Gasteiger partial charge in [-0.05, 0) is 47.0 Å². The highest BCUT2D eigenvalue weighted by Gasteiger charge is 2.49. The van der Waals surface area contributed by atoms with Gasteiger partial charge < -0.3 is 29.5 Å². The van der Waals surface area contributed by atoms with Gasteiger partial charge in [-0.1, -0.05) is 72.8 Å². The van der Waals surface area contributed by atoms with Crippen molar-refractivity contribution in [3.8, 4) is 5.75 Å². The topological polar surface area (TPSA) is 140 Å². The number of benzene rings is 4. The molecule has 1 saturated heterocycles. The average molecular weight is 569 g/mol. The van der Waals surface area contributed by atoms with Crippen LogP contribution in [0.5, 0.6) is 5.75 Å². The van der Waals surface area contributed by atoms with Crippen molar-refractivity contribution in [3.63, 3.8) is 0 Å². The molecule has 42 heavy (non-hydrogen) atoms. The van der Waals surface area contributed by atoms with Crippen LogP contribution in [0.15, 0.2) is 103 Å². The van der Waals surface area contributed by atoms with Crippen LogP contribution >= 0.6 is 0 Å². The molecular formula is C33H28O9. The minimum atomic E-state index is -1.17. The Kier molecular flexibility index (Phi) is 8.61. The quantitative estimate of drug-likeness (QED) is 0.150. The maximum atomic E-state index is 12.4. The number of para-hydroxylation sites is 1. The summed E-state index contributed by atoms with van der Waals surface area (Å²) < 4.78 is 18.1. The Hall–Kier alpha value is -4.99. The van der Waals surface area contributed by atoms with Crippen LogP contribution in [0.25, 0.3) is 0 Å². The van der Waals surface area contributed by atoms with Gasteiger partial charge in [-0.25, -0.2) is 14.4 Å². The zero-order valence-electron chi connectivity index (χ0n) is 22.3. The minimum Gasteiger partial charge on any atom is -0.478 e. The van der Waals surface area contributed by atoms with Gasteiger partial charge in [0.25, 0.3) is 0 Å². The second kappa shape index (κ2) is 12.7. The first-order valence-electron chi connectivity index (χ1n) is 13.2. The van der Waals surface area contributed by atoms with Gasteiger partial charge in [-0.15, -0.1) is 0 Å². The van der Waals surface area contributed by atoms with E-state index in [0.29, 0.717) is 22.4 Å². The van der Waals surface area contributed by atoms with Crippen molar-refractivity contribution >= 4 is 17.9 Å². The standard InChI is InChI=1S/C33H28O9/c34-31(35)24-15-7-4-12-21(24)28-27(18-40-19-41-20-10-2-1-3-11-20)42-30(23-14-6-9-17-26(23)33(38)39)29(28)22-13-5-8-16-25(22)32(36)37/h1-17,27-30H,18-19H2,(H,34,35)(H,36,37)(H,38,39). The Morgan fingerprint density at radius 3 is 1.60 bits per heavy atom. The van der Waals surface area contributed by atoms with Crippen LogP contribution in [0.1, 0.15) is 65.7 Å². The second-order valence-corrected chi connectivity index (χ2v) is 9.77. The highest BCUT2D eigenvalue weighted by Crippen LogP contribution is 2.55. The summed E-state index contributed by atoms with van der Waals surface area (Å²) in [5.74, 6) is -4.39. The molecule has 9 heteroatoms. The first-order valence-corrected chi connectivity index (χ1v) is 13.2. The van der Waals surface area contributed by atoms with Gasteiger partial charge in [0, 0.05) is 11.8 Å². The summed E-state index contributed by atoms with van der Waals surface area (Å²) in [6.07, 6.45) is -1.73. The van der Waals surface area contributed by atoms with Gasteiger partial charge in [-0.2, -0.15) is 0 Å². The molecule has 3 N–H and O–H groups in total. The van der Waals surface area contributed by atoms with E-state index in [1.54, 1.807) is 66.7 Å². The van der Waals surface area contributed by atoms with Gasteiger partial charge >= 0.3 is 17.9 Å². The van der Waals surface area contributed by atoms with E-state index in [4.69, 9.17) is 14.2 Å². The van der Waals surface area contributed by atoms with E-state index in [-0.39, 0.29) is 30.1 Å². The Morgan fingerprint density at radius 1 is 0.595 bits per heavy atom. The molecule has 4 aromatic carbocycles. The predicted molar refractivity (Wildman–Crippen MR) is 151 cm³/mol. The third-order valence-corrected chi connectivity index (χ3v) is 7.37. The predicted octanol–water partition coefficient (Wildman–Crippen LogP) is 5.84. The summed E-state index contributed by atoms with van der Waals surface area (Å²) in [4.78, 5) is 37.0. The zero-order valence-corrected chi connectivity index (χ0v) is 22.3. The Morgan fingerprint density at radius 2 is 1.05 bits per heavy atom. The van der Waals surface area contributed by atoms with Crippen molar-refractivity contribution in [2.24, 2.45) is 0 Å². The van der Waals surface area contributed by atoms with Crippen molar-refractivity contribution in [1.82, 2.24) is 0 Å². The van der Waals surface area contributed by atoms with Crippen LogP contribution in [0.4, 0.5) is 0 Å². The maximum absolute atomic E-state index is 12.4. The van der Waals surface area contributed by atoms with Gasteiger partial charge in [0.05, 0.1) is 35.5 Å². The molecule has 5 rings (SSSR count). The van der Waals surface area contributed by atoms with E-state index in [1.807, 2.05) is 18.2 Å². The summed E-state index contributed by atoms with van der Waals surface area (Å²) in [7, 11) is 0. The molecule has 0 saturated carbocycles. The summed E-state index contributed by atoms with van der Waals surface area (Å²) in [6, 6.07) is 28.3. The van der Waals surface area contributed by atoms with Crippen LogP contribution in [-0.4, -0.2) is 52.7 Å². The molecule has 1 fully saturated rings. The van der Waals surface area contributed by atoms with Crippen LogP contribution < -0.4 is 4.74 Å². The van der Waals surface area contributed by atoms with Crippen LogP contribution in [-0.2, 0) is 9.47 Å². The number of hydrogen-bond acceptors (Lipinski definition) is 6. The van der Waals surface area contributed by atoms with Crippen molar-refractivity contribution in [2.45, 2.75) is 24.0 Å². The fourth-order valence-electron chi connectivity index (χ4n) is 5.63. The molecular weight excluding hydrogens is 540 g/mol. The van der Waals surface area contributed by atoms with E-state index in [0.717, 1.165) is 0 Å². The van der Waals surface area contributed by atoms with Crippen molar-refractivity contribution < 1.29 is 43.9 Å². The smallest absolute Gasteiger partial charge is 0.336 e. The number of carbonyl (C=O) groups is 3. The van der Waals surface area contributed by atoms with Crippen molar-refractivity contribution in [3.05, 3.63) is 137 Å². The molecule has 0 amide bonds. The number of carboxylic acid groups (broad SMARTS) is 3. The minimum absolute atomic E-state index is 0.000412. The molecule has 214 valence electrons. The molecule has 9 nitrogen and oxygen atoms in total. The van der Waals surface area contributed by atoms with E-state index >= 15 is 0 Å². The molecule has 0 radical (unpaired) electrons.